The largest absolute Gasteiger partial charge is 0.416 e. The predicted octanol–water partition coefficient (Wildman–Crippen LogP) is 4.07. The number of nitrogens with one attached hydrogen (secondary N) is 1. The van der Waals surface area contributed by atoms with Crippen molar-refractivity contribution < 1.29 is 14.3 Å². The fourth-order valence-electron chi connectivity index (χ4n) is 4.51. The number of piperidine rings is 1. The number of ether oxygens (including phenoxy) is 1. The number of aliphatic hydroxyl groups excluding tert-OH is 1. The average molecular weight is 497 g/mol. The summed E-state index contributed by atoms with van der Waals surface area (Å²) in [5, 5.41) is 17.9. The highest BCUT2D eigenvalue weighted by Gasteiger charge is 2.24. The zero-order chi connectivity index (χ0) is 24.0. The number of anilines is 3. The van der Waals surface area contributed by atoms with Crippen LogP contribution in [0.15, 0.2) is 40.9 Å². The van der Waals surface area contributed by atoms with E-state index in [1.807, 2.05) is 24.3 Å². The number of hydrogen-bond donors (Lipinski definition) is 2. The summed E-state index contributed by atoms with van der Waals surface area (Å²) < 4.78 is 15.7. The van der Waals surface area contributed by atoms with Crippen LogP contribution in [0.4, 0.5) is 17.2 Å². The zero-order valence-electron chi connectivity index (χ0n) is 20.0. The smallest absolute Gasteiger partial charge is 0.250 e. The molecular weight excluding hydrogens is 464 g/mol. The number of rotatable bonds is 4. The van der Waals surface area contributed by atoms with Gasteiger partial charge < -0.3 is 28.8 Å². The maximum atomic E-state index is 9.11. The van der Waals surface area contributed by atoms with Crippen molar-refractivity contribution in [3.05, 3.63) is 36.5 Å². The van der Waals surface area contributed by atoms with Crippen LogP contribution in [-0.2, 0) is 4.74 Å². The molecule has 3 aliphatic heterocycles. The maximum Gasteiger partial charge on any atom is 0.250 e. The Kier molecular flexibility index (Phi) is 7.70. The fraction of sp³-hybridized carbons (Fsp3) is 0.480. The molecule has 1 saturated heterocycles. The minimum atomic E-state index is 0.132. The van der Waals surface area contributed by atoms with Gasteiger partial charge in [0, 0.05) is 56.5 Å². The second-order valence-electron chi connectivity index (χ2n) is 8.91. The fourth-order valence-corrected chi connectivity index (χ4v) is 4.99. The molecule has 6 rings (SSSR count). The van der Waals surface area contributed by atoms with Crippen molar-refractivity contribution in [2.45, 2.75) is 31.8 Å². The number of fused-ring (bicyclic) bond motifs is 7. The molecule has 0 radical (unpaired) electrons. The van der Waals surface area contributed by atoms with Crippen LogP contribution in [0.1, 0.15) is 25.7 Å². The second-order valence-corrected chi connectivity index (χ2v) is 9.81. The lowest BCUT2D eigenvalue weighted by atomic mass is 10.0. The zero-order valence-corrected chi connectivity index (χ0v) is 20.8. The van der Waals surface area contributed by atoms with Gasteiger partial charge in [-0.2, -0.15) is 0 Å². The summed E-state index contributed by atoms with van der Waals surface area (Å²) in [6, 6.07) is 10.1. The molecule has 3 aliphatic rings. The van der Waals surface area contributed by atoms with Gasteiger partial charge in [0.1, 0.15) is 5.82 Å². The van der Waals surface area contributed by atoms with E-state index in [4.69, 9.17) is 14.3 Å². The SMILES string of the molecule is CN1CCCCOC2CCN(CC2)c2cc(NSCCO)ccc2-c2nnc(o2)-c2ccnc1c2. The van der Waals surface area contributed by atoms with Gasteiger partial charge in [0.25, 0.3) is 0 Å². The number of aromatic nitrogens is 3. The van der Waals surface area contributed by atoms with E-state index in [0.29, 0.717) is 23.6 Å². The van der Waals surface area contributed by atoms with Crippen molar-refractivity contribution in [1.29, 1.82) is 0 Å². The molecule has 2 aromatic heterocycles. The van der Waals surface area contributed by atoms with Gasteiger partial charge in [-0.25, -0.2) is 4.98 Å². The Labute approximate surface area is 210 Å². The van der Waals surface area contributed by atoms with Crippen LogP contribution in [0.5, 0.6) is 0 Å². The summed E-state index contributed by atoms with van der Waals surface area (Å²) in [7, 11) is 2.06. The topological polar surface area (TPSA) is 99.8 Å². The third kappa shape index (κ3) is 5.71. The number of pyridine rings is 1. The van der Waals surface area contributed by atoms with Crippen molar-refractivity contribution in [3.8, 4) is 22.9 Å². The van der Waals surface area contributed by atoms with E-state index in [0.717, 1.165) is 80.2 Å². The van der Waals surface area contributed by atoms with Gasteiger partial charge in [0.15, 0.2) is 0 Å². The number of benzene rings is 1. The molecule has 0 unspecified atom stereocenters. The van der Waals surface area contributed by atoms with Crippen LogP contribution in [0.3, 0.4) is 0 Å². The average Bonchev–Trinajstić information content (AvgIpc) is 3.39. The lowest BCUT2D eigenvalue weighted by Crippen LogP contribution is -2.37. The number of hydrogen-bond acceptors (Lipinski definition) is 10. The van der Waals surface area contributed by atoms with Gasteiger partial charge >= 0.3 is 0 Å². The van der Waals surface area contributed by atoms with Crippen molar-refractivity contribution in [1.82, 2.24) is 15.2 Å². The van der Waals surface area contributed by atoms with E-state index in [-0.39, 0.29) is 6.61 Å². The quantitative estimate of drug-likeness (QED) is 0.406. The minimum absolute atomic E-state index is 0.132. The molecule has 0 saturated carbocycles. The Balaban J connectivity index is 1.50. The standard InChI is InChI=1S/C25H32N6O3S/c1-30-10-2-3-14-33-20-7-11-31(12-8-20)22-17-19(29-35-15-13-32)4-5-21(22)25-28-27-24(34-25)18-6-9-26-23(30)16-18/h4-6,9,16-17,20,29,32H,2-3,7-8,10-15H2,1H3. The summed E-state index contributed by atoms with van der Waals surface area (Å²) in [6.45, 7) is 3.64. The van der Waals surface area contributed by atoms with Crippen molar-refractivity contribution in [2.75, 3.05) is 60.2 Å². The number of aliphatic hydroxyl groups is 1. The monoisotopic (exact) mass is 496 g/mol. The van der Waals surface area contributed by atoms with Crippen LogP contribution in [0, 0.1) is 0 Å². The van der Waals surface area contributed by atoms with Crippen LogP contribution in [0.2, 0.25) is 0 Å². The lowest BCUT2D eigenvalue weighted by Gasteiger charge is -2.34. The van der Waals surface area contributed by atoms with Crippen LogP contribution in [-0.4, -0.2) is 72.0 Å². The normalized spacial score (nSPS) is 17.1. The Bertz CT molecular complexity index is 1120. The van der Waals surface area contributed by atoms with E-state index in [1.54, 1.807) is 6.20 Å². The predicted molar refractivity (Wildman–Crippen MR) is 140 cm³/mol. The molecule has 2 N–H and O–H groups in total. The molecule has 0 spiro atoms. The second kappa shape index (κ2) is 11.3. The summed E-state index contributed by atoms with van der Waals surface area (Å²) in [5.41, 5.74) is 3.80. The third-order valence-corrected chi connectivity index (χ3v) is 7.21. The van der Waals surface area contributed by atoms with Crippen LogP contribution in [0.25, 0.3) is 22.9 Å². The van der Waals surface area contributed by atoms with Crippen LogP contribution < -0.4 is 14.5 Å². The highest BCUT2D eigenvalue weighted by atomic mass is 32.2. The van der Waals surface area contributed by atoms with Gasteiger partial charge in [-0.15, -0.1) is 10.2 Å². The van der Waals surface area contributed by atoms with Crippen molar-refractivity contribution in [3.63, 3.8) is 0 Å². The van der Waals surface area contributed by atoms with Gasteiger partial charge in [0.2, 0.25) is 11.8 Å². The van der Waals surface area contributed by atoms with E-state index in [2.05, 4.69) is 42.8 Å². The summed E-state index contributed by atoms with van der Waals surface area (Å²) in [5.74, 6) is 2.48. The first-order valence-electron chi connectivity index (χ1n) is 12.2. The first kappa shape index (κ1) is 23.9. The van der Waals surface area contributed by atoms with Crippen LogP contribution >= 0.6 is 11.9 Å². The molecule has 0 atom stereocenters. The first-order valence-corrected chi connectivity index (χ1v) is 13.2. The lowest BCUT2D eigenvalue weighted by molar-refractivity contribution is 0.0352. The molecule has 0 amide bonds. The van der Waals surface area contributed by atoms with E-state index in [1.165, 1.54) is 11.9 Å². The first-order chi connectivity index (χ1) is 17.2. The Morgan fingerprint density at radius 2 is 1.94 bits per heavy atom. The van der Waals surface area contributed by atoms with Gasteiger partial charge in [-0.05, 0) is 56.0 Å². The molecule has 3 aromatic rings. The van der Waals surface area contributed by atoms with Crippen molar-refractivity contribution >= 4 is 29.1 Å². The van der Waals surface area contributed by atoms with E-state index >= 15 is 0 Å². The molecule has 10 heteroatoms. The highest BCUT2D eigenvalue weighted by Crippen LogP contribution is 2.36. The summed E-state index contributed by atoms with van der Waals surface area (Å²) in [6.07, 6.45) is 6.12. The van der Waals surface area contributed by atoms with Gasteiger partial charge in [0.05, 0.1) is 24.0 Å². The van der Waals surface area contributed by atoms with E-state index in [9.17, 15) is 0 Å². The molecule has 1 fully saturated rings. The van der Waals surface area contributed by atoms with Gasteiger partial charge in [-0.1, -0.05) is 11.9 Å². The maximum absolute atomic E-state index is 9.11. The van der Waals surface area contributed by atoms with Gasteiger partial charge in [-0.3, -0.25) is 0 Å². The molecule has 6 bridgehead atoms. The summed E-state index contributed by atoms with van der Waals surface area (Å²) in [4.78, 5) is 9.06. The highest BCUT2D eigenvalue weighted by molar-refractivity contribution is 8.00. The molecule has 0 aliphatic carbocycles. The minimum Gasteiger partial charge on any atom is -0.416 e. The molecular formula is C25H32N6O3S. The molecule has 9 nitrogen and oxygen atoms in total. The summed E-state index contributed by atoms with van der Waals surface area (Å²) >= 11 is 1.48. The number of nitrogens with zero attached hydrogens (tertiary/aromatic N) is 5. The Morgan fingerprint density at radius 3 is 2.80 bits per heavy atom. The molecule has 5 heterocycles. The molecule has 35 heavy (non-hydrogen) atoms. The molecule has 1 aromatic carbocycles. The third-order valence-electron chi connectivity index (χ3n) is 6.44. The van der Waals surface area contributed by atoms with Crippen molar-refractivity contribution in [2.24, 2.45) is 0 Å². The molecule has 186 valence electrons. The Morgan fingerprint density at radius 1 is 1.09 bits per heavy atom. The Hall–Kier alpha value is -2.82. The van der Waals surface area contributed by atoms with E-state index < -0.39 is 0 Å².